The second-order valence-electron chi connectivity index (χ2n) is 23.2. The number of carbonyl (C=O) groups excluding carboxylic acids is 2. The van der Waals surface area contributed by atoms with Gasteiger partial charge in [0.05, 0.1) is 37.3 Å². The van der Waals surface area contributed by atoms with E-state index in [4.69, 9.17) is 18.9 Å². The van der Waals surface area contributed by atoms with Crippen LogP contribution in [0.4, 0.5) is 21.0 Å². The van der Waals surface area contributed by atoms with Crippen LogP contribution in [0.15, 0.2) is 279 Å². The zero-order valence-corrected chi connectivity index (χ0v) is 52.7. The van der Waals surface area contributed by atoms with Crippen LogP contribution in [0.3, 0.4) is 0 Å². The average molecular weight is 1220 g/mol. The number of carbonyl (C=O) groups is 2. The standard InChI is InChI=1S/C82H86N4O6/c87-79(85-75-49-45-73(46-50-75)81(67-29-11-5-12-30-67,68-31-13-6-14-32-68)69-33-15-7-16-34-69)91-61-25-3-1-23-57-83-63-65-41-53-77(54-42-65)89-59-27-28-60-90-78-55-43-66(44-56-78)64-84-58-24-2-4-26-62-92-80(88)86-76-51-47-74(48-52-76)82(70-35-17-8-18-36-70,71-37-19-9-20-38-71)72-39-21-10-22-40-72/h5-22,29-56,83-84H,1-4,23-28,57-64H2,(H,85,87)(H,86,88). The predicted molar refractivity (Wildman–Crippen MR) is 373 cm³/mol. The number of rotatable bonds is 35. The minimum Gasteiger partial charge on any atom is -0.494 e. The molecule has 2 amide bonds. The van der Waals surface area contributed by atoms with Crippen LogP contribution in [0.5, 0.6) is 11.5 Å². The summed E-state index contributed by atoms with van der Waals surface area (Å²) in [4.78, 5) is 25.6. The Kier molecular flexibility index (Phi) is 24.8. The maximum absolute atomic E-state index is 12.8. The minimum atomic E-state index is -0.544. The molecule has 0 aliphatic carbocycles. The molecule has 470 valence electrons. The van der Waals surface area contributed by atoms with E-state index >= 15 is 0 Å². The number of hydrogen-bond donors (Lipinski definition) is 4. The Labute approximate surface area is 544 Å². The molecule has 0 unspecified atom stereocenters. The van der Waals surface area contributed by atoms with Crippen LogP contribution in [0.1, 0.15) is 120 Å². The molecule has 0 atom stereocenters. The van der Waals surface area contributed by atoms with E-state index in [1.807, 2.05) is 84.9 Å². The van der Waals surface area contributed by atoms with Crippen LogP contribution in [-0.2, 0) is 33.4 Å². The third-order valence-electron chi connectivity index (χ3n) is 16.9. The number of unbranched alkanes of at least 4 members (excludes halogenated alkanes) is 7. The Morgan fingerprint density at radius 1 is 0.272 bits per heavy atom. The summed E-state index contributed by atoms with van der Waals surface area (Å²) in [5.41, 5.74) is 11.9. The summed E-state index contributed by atoms with van der Waals surface area (Å²) in [6, 6.07) is 96.5. The van der Waals surface area contributed by atoms with E-state index in [0.717, 1.165) is 113 Å². The lowest BCUT2D eigenvalue weighted by atomic mass is 9.65. The minimum absolute atomic E-state index is 0.379. The lowest BCUT2D eigenvalue weighted by molar-refractivity contribution is 0.158. The Balaban J connectivity index is 0.522. The van der Waals surface area contributed by atoms with Crippen molar-refractivity contribution in [2.45, 2.75) is 88.1 Å². The van der Waals surface area contributed by atoms with E-state index in [2.05, 4.69) is 215 Å². The SMILES string of the molecule is O=C(Nc1ccc(C(c2ccccc2)(c2ccccc2)c2ccccc2)cc1)OCCCCCCNCc1ccc(OCCCCOc2ccc(CNCCCCCCOC(=O)Nc3ccc(C(c4ccccc4)(c4ccccc4)c4ccccc4)cc3)cc2)cc1. The maximum atomic E-state index is 12.8. The summed E-state index contributed by atoms with van der Waals surface area (Å²) in [7, 11) is 0. The molecule has 0 saturated carbocycles. The average Bonchev–Trinajstić information content (AvgIpc) is 0.756. The fourth-order valence-corrected chi connectivity index (χ4v) is 12.2. The summed E-state index contributed by atoms with van der Waals surface area (Å²) in [5.74, 6) is 1.75. The summed E-state index contributed by atoms with van der Waals surface area (Å²) < 4.78 is 23.2. The molecule has 0 aliphatic heterocycles. The van der Waals surface area contributed by atoms with Crippen molar-refractivity contribution in [2.75, 3.05) is 50.2 Å². The first-order chi connectivity index (χ1) is 45.5. The fourth-order valence-electron chi connectivity index (χ4n) is 12.2. The Bertz CT molecular complexity index is 3270. The quantitative estimate of drug-likeness (QED) is 0.0229. The van der Waals surface area contributed by atoms with E-state index in [0.29, 0.717) is 37.8 Å². The van der Waals surface area contributed by atoms with Crippen LogP contribution < -0.4 is 30.7 Å². The predicted octanol–water partition coefficient (Wildman–Crippen LogP) is 18.5. The third-order valence-corrected chi connectivity index (χ3v) is 16.9. The molecule has 0 aliphatic rings. The van der Waals surface area contributed by atoms with E-state index < -0.39 is 23.0 Å². The van der Waals surface area contributed by atoms with Crippen molar-refractivity contribution in [3.63, 3.8) is 0 Å². The Hall–Kier alpha value is -9.74. The van der Waals surface area contributed by atoms with Crippen LogP contribution >= 0.6 is 0 Å². The van der Waals surface area contributed by atoms with Gasteiger partial charge in [0, 0.05) is 24.5 Å². The van der Waals surface area contributed by atoms with Gasteiger partial charge in [-0.05, 0) is 156 Å². The maximum Gasteiger partial charge on any atom is 0.411 e. The topological polar surface area (TPSA) is 119 Å². The second-order valence-corrected chi connectivity index (χ2v) is 23.2. The highest BCUT2D eigenvalue weighted by atomic mass is 16.6. The van der Waals surface area contributed by atoms with Gasteiger partial charge >= 0.3 is 12.2 Å². The molecule has 10 aromatic carbocycles. The first-order valence-corrected chi connectivity index (χ1v) is 32.8. The highest BCUT2D eigenvalue weighted by molar-refractivity contribution is 5.85. The summed E-state index contributed by atoms with van der Waals surface area (Å²) in [5, 5.41) is 13.0. The zero-order chi connectivity index (χ0) is 63.1. The van der Waals surface area contributed by atoms with E-state index in [9.17, 15) is 9.59 Å². The lowest BCUT2D eigenvalue weighted by Crippen LogP contribution is -2.31. The number of ether oxygens (including phenoxy) is 4. The highest BCUT2D eigenvalue weighted by Gasteiger charge is 2.39. The van der Waals surface area contributed by atoms with E-state index in [1.165, 1.54) is 44.5 Å². The van der Waals surface area contributed by atoms with Gasteiger partial charge in [-0.2, -0.15) is 0 Å². The van der Waals surface area contributed by atoms with Gasteiger partial charge in [0.15, 0.2) is 0 Å². The first-order valence-electron chi connectivity index (χ1n) is 32.8. The molecule has 10 rings (SSSR count). The van der Waals surface area contributed by atoms with Crippen molar-refractivity contribution in [1.82, 2.24) is 10.6 Å². The first kappa shape index (κ1) is 65.2. The van der Waals surface area contributed by atoms with Gasteiger partial charge in [0.1, 0.15) is 11.5 Å². The molecule has 10 heteroatoms. The van der Waals surface area contributed by atoms with Gasteiger partial charge in [0.25, 0.3) is 0 Å². The summed E-state index contributed by atoms with van der Waals surface area (Å²) in [6.07, 6.45) is 8.77. The van der Waals surface area contributed by atoms with Gasteiger partial charge in [0.2, 0.25) is 0 Å². The lowest BCUT2D eigenvalue weighted by Gasteiger charge is -2.37. The molecular weight excluding hydrogens is 1140 g/mol. The van der Waals surface area contributed by atoms with Gasteiger partial charge in [-0.3, -0.25) is 10.6 Å². The van der Waals surface area contributed by atoms with Crippen molar-refractivity contribution >= 4 is 23.6 Å². The van der Waals surface area contributed by atoms with Crippen molar-refractivity contribution in [2.24, 2.45) is 0 Å². The van der Waals surface area contributed by atoms with Crippen molar-refractivity contribution in [3.05, 3.63) is 335 Å². The van der Waals surface area contributed by atoms with Gasteiger partial charge < -0.3 is 29.6 Å². The molecule has 0 spiro atoms. The van der Waals surface area contributed by atoms with Crippen molar-refractivity contribution < 1.29 is 28.5 Å². The van der Waals surface area contributed by atoms with Crippen molar-refractivity contribution in [1.29, 1.82) is 0 Å². The molecule has 10 nitrogen and oxygen atoms in total. The normalized spacial score (nSPS) is 11.3. The van der Waals surface area contributed by atoms with E-state index in [-0.39, 0.29) is 0 Å². The fraction of sp³-hybridized carbons (Fsp3) is 0.244. The van der Waals surface area contributed by atoms with Gasteiger partial charge in [-0.25, -0.2) is 9.59 Å². The second kappa shape index (κ2) is 35.0. The van der Waals surface area contributed by atoms with Crippen molar-refractivity contribution in [3.8, 4) is 11.5 Å². The molecule has 0 bridgehead atoms. The number of amides is 2. The highest BCUT2D eigenvalue weighted by Crippen LogP contribution is 2.47. The smallest absolute Gasteiger partial charge is 0.411 e. The Morgan fingerprint density at radius 3 is 0.826 bits per heavy atom. The van der Waals surface area contributed by atoms with Gasteiger partial charge in [-0.15, -0.1) is 0 Å². The number of benzene rings is 10. The Morgan fingerprint density at radius 2 is 0.533 bits per heavy atom. The molecular formula is C82H86N4O6. The molecule has 0 heterocycles. The molecule has 0 fully saturated rings. The number of nitrogens with one attached hydrogen (secondary N) is 4. The summed E-state index contributed by atoms with van der Waals surface area (Å²) in [6.45, 7) is 5.49. The molecule has 0 saturated heterocycles. The third kappa shape index (κ3) is 18.0. The molecule has 0 radical (unpaired) electrons. The van der Waals surface area contributed by atoms with Crippen LogP contribution in [0.25, 0.3) is 0 Å². The molecule has 92 heavy (non-hydrogen) atoms. The number of anilines is 2. The van der Waals surface area contributed by atoms with Crippen LogP contribution in [-0.4, -0.2) is 51.7 Å². The van der Waals surface area contributed by atoms with Crippen LogP contribution in [0, 0.1) is 0 Å². The zero-order valence-electron chi connectivity index (χ0n) is 52.7. The van der Waals surface area contributed by atoms with E-state index in [1.54, 1.807) is 0 Å². The largest absolute Gasteiger partial charge is 0.494 e. The molecule has 10 aromatic rings. The monoisotopic (exact) mass is 1220 g/mol. The van der Waals surface area contributed by atoms with Gasteiger partial charge in [-0.1, -0.05) is 256 Å². The summed E-state index contributed by atoms with van der Waals surface area (Å²) >= 11 is 0. The number of hydrogen-bond acceptors (Lipinski definition) is 8. The van der Waals surface area contributed by atoms with Crippen LogP contribution in [0.2, 0.25) is 0 Å². The molecule has 4 N–H and O–H groups in total. The molecule has 0 aromatic heterocycles.